The molecule has 0 spiro atoms. The van der Waals surface area contributed by atoms with Crippen molar-refractivity contribution in [1.29, 1.82) is 0 Å². The van der Waals surface area contributed by atoms with E-state index >= 15 is 0 Å². The number of hydrogen-bond donors (Lipinski definition) is 1. The lowest BCUT2D eigenvalue weighted by Crippen LogP contribution is -2.22. The summed E-state index contributed by atoms with van der Waals surface area (Å²) in [7, 11) is 1.55. The van der Waals surface area contributed by atoms with Gasteiger partial charge in [0.05, 0.1) is 0 Å². The summed E-state index contributed by atoms with van der Waals surface area (Å²) in [6.07, 6.45) is -0.428. The maximum absolute atomic E-state index is 11.1. The number of carbonyl (C=O) groups excluding carboxylic acids is 1. The second-order valence-electron chi connectivity index (χ2n) is 3.84. The van der Waals surface area contributed by atoms with E-state index in [1.54, 1.807) is 7.05 Å². The van der Waals surface area contributed by atoms with Crippen LogP contribution in [0.4, 0.5) is 4.79 Å². The summed E-state index contributed by atoms with van der Waals surface area (Å²) >= 11 is 0. The van der Waals surface area contributed by atoms with Crippen LogP contribution in [0.1, 0.15) is 30.9 Å². The first-order valence-electron chi connectivity index (χ1n) is 5.04. The molecule has 0 saturated heterocycles. The van der Waals surface area contributed by atoms with Gasteiger partial charge >= 0.3 is 6.09 Å². The summed E-state index contributed by atoms with van der Waals surface area (Å²) in [5.41, 5.74) is 2.13. The van der Waals surface area contributed by atoms with E-state index < -0.39 is 6.09 Å². The smallest absolute Gasteiger partial charge is 0.410 e. The van der Waals surface area contributed by atoms with Gasteiger partial charge in [-0.25, -0.2) is 4.79 Å². The van der Waals surface area contributed by atoms with Crippen LogP contribution in [0.5, 0.6) is 5.75 Å². The monoisotopic (exact) mass is 207 g/mol. The molecular formula is C12H17NO2. The predicted molar refractivity (Wildman–Crippen MR) is 60.4 cm³/mol. The highest BCUT2D eigenvalue weighted by atomic mass is 16.6. The van der Waals surface area contributed by atoms with E-state index in [4.69, 9.17) is 4.74 Å². The van der Waals surface area contributed by atoms with Gasteiger partial charge in [0, 0.05) is 7.05 Å². The van der Waals surface area contributed by atoms with Gasteiger partial charge < -0.3 is 10.1 Å². The van der Waals surface area contributed by atoms with Gasteiger partial charge in [-0.05, 0) is 30.0 Å². The Kier molecular flexibility index (Phi) is 3.72. The Labute approximate surface area is 90.4 Å². The van der Waals surface area contributed by atoms with Crippen LogP contribution in [0.3, 0.4) is 0 Å². The first-order valence-corrected chi connectivity index (χ1v) is 5.04. The average molecular weight is 207 g/mol. The van der Waals surface area contributed by atoms with Crippen LogP contribution in [0.15, 0.2) is 18.2 Å². The molecule has 0 radical (unpaired) electrons. The fourth-order valence-corrected chi connectivity index (χ4v) is 1.36. The van der Waals surface area contributed by atoms with E-state index in [0.717, 1.165) is 11.1 Å². The summed E-state index contributed by atoms with van der Waals surface area (Å²) in [4.78, 5) is 11.1. The Bertz CT molecular complexity index is 359. The Morgan fingerprint density at radius 3 is 2.60 bits per heavy atom. The van der Waals surface area contributed by atoms with Crippen molar-refractivity contribution in [3.05, 3.63) is 29.3 Å². The van der Waals surface area contributed by atoms with Gasteiger partial charge in [0.1, 0.15) is 5.75 Å². The highest BCUT2D eigenvalue weighted by Crippen LogP contribution is 2.27. The van der Waals surface area contributed by atoms with Crippen LogP contribution < -0.4 is 10.1 Å². The Morgan fingerprint density at radius 1 is 1.40 bits per heavy atom. The van der Waals surface area contributed by atoms with Crippen LogP contribution in [-0.2, 0) is 0 Å². The number of amides is 1. The van der Waals surface area contributed by atoms with Crippen LogP contribution >= 0.6 is 0 Å². The van der Waals surface area contributed by atoms with Crippen molar-refractivity contribution in [2.24, 2.45) is 0 Å². The summed E-state index contributed by atoms with van der Waals surface area (Å²) in [6.45, 7) is 6.11. The molecule has 1 aromatic rings. The number of ether oxygens (including phenoxy) is 1. The fourth-order valence-electron chi connectivity index (χ4n) is 1.36. The molecule has 0 unspecified atom stereocenters. The Morgan fingerprint density at radius 2 is 2.07 bits per heavy atom. The standard InChI is InChI=1S/C12H17NO2/c1-8(2)10-6-5-9(3)7-11(10)15-12(14)13-4/h5-8H,1-4H3,(H,13,14). The van der Waals surface area contributed by atoms with Crippen molar-refractivity contribution < 1.29 is 9.53 Å². The van der Waals surface area contributed by atoms with E-state index in [2.05, 4.69) is 19.2 Å². The van der Waals surface area contributed by atoms with E-state index in [1.165, 1.54) is 0 Å². The van der Waals surface area contributed by atoms with E-state index in [1.807, 2.05) is 25.1 Å². The molecule has 0 bridgehead atoms. The largest absolute Gasteiger partial charge is 0.412 e. The minimum atomic E-state index is -0.428. The van der Waals surface area contributed by atoms with Crippen LogP contribution in [0, 0.1) is 6.92 Å². The summed E-state index contributed by atoms with van der Waals surface area (Å²) in [5, 5.41) is 2.44. The second kappa shape index (κ2) is 4.82. The number of hydrogen-bond acceptors (Lipinski definition) is 2. The molecule has 0 aliphatic rings. The highest BCUT2D eigenvalue weighted by Gasteiger charge is 2.10. The first kappa shape index (κ1) is 11.6. The van der Waals surface area contributed by atoms with Crippen molar-refractivity contribution in [3.8, 4) is 5.75 Å². The second-order valence-corrected chi connectivity index (χ2v) is 3.84. The zero-order valence-electron chi connectivity index (χ0n) is 9.63. The topological polar surface area (TPSA) is 38.3 Å². The van der Waals surface area contributed by atoms with Gasteiger partial charge in [-0.3, -0.25) is 0 Å². The zero-order valence-corrected chi connectivity index (χ0v) is 9.63. The van der Waals surface area contributed by atoms with Crippen molar-refractivity contribution >= 4 is 6.09 Å². The van der Waals surface area contributed by atoms with Gasteiger partial charge in [-0.2, -0.15) is 0 Å². The molecule has 1 rings (SSSR count). The minimum Gasteiger partial charge on any atom is -0.410 e. The lowest BCUT2D eigenvalue weighted by atomic mass is 10.0. The van der Waals surface area contributed by atoms with E-state index in [0.29, 0.717) is 11.7 Å². The lowest BCUT2D eigenvalue weighted by Gasteiger charge is -2.13. The van der Waals surface area contributed by atoms with Gasteiger partial charge in [-0.1, -0.05) is 26.0 Å². The third-order valence-corrected chi connectivity index (χ3v) is 2.20. The van der Waals surface area contributed by atoms with Crippen molar-refractivity contribution in [2.75, 3.05) is 7.05 Å². The molecule has 0 saturated carbocycles. The average Bonchev–Trinajstić information content (AvgIpc) is 2.17. The molecule has 0 heterocycles. The number of rotatable bonds is 2. The van der Waals surface area contributed by atoms with Crippen LogP contribution in [-0.4, -0.2) is 13.1 Å². The van der Waals surface area contributed by atoms with Crippen molar-refractivity contribution in [2.45, 2.75) is 26.7 Å². The maximum Gasteiger partial charge on any atom is 0.412 e. The van der Waals surface area contributed by atoms with Gasteiger partial charge in [0.2, 0.25) is 0 Å². The molecule has 82 valence electrons. The number of benzene rings is 1. The summed E-state index contributed by atoms with van der Waals surface area (Å²) in [5.74, 6) is 0.981. The van der Waals surface area contributed by atoms with E-state index in [9.17, 15) is 4.79 Å². The van der Waals surface area contributed by atoms with E-state index in [-0.39, 0.29) is 0 Å². The molecule has 1 N–H and O–H groups in total. The third-order valence-electron chi connectivity index (χ3n) is 2.20. The Balaban J connectivity index is 3.02. The zero-order chi connectivity index (χ0) is 11.4. The van der Waals surface area contributed by atoms with Gasteiger partial charge in [-0.15, -0.1) is 0 Å². The third kappa shape index (κ3) is 2.98. The summed E-state index contributed by atoms with van der Waals surface area (Å²) < 4.78 is 5.19. The fraction of sp³-hybridized carbons (Fsp3) is 0.417. The molecule has 0 aromatic heterocycles. The number of nitrogens with one attached hydrogen (secondary N) is 1. The van der Waals surface area contributed by atoms with Crippen LogP contribution in [0.25, 0.3) is 0 Å². The van der Waals surface area contributed by atoms with Crippen LogP contribution in [0.2, 0.25) is 0 Å². The molecule has 3 heteroatoms. The molecule has 1 aromatic carbocycles. The number of carbonyl (C=O) groups is 1. The first-order chi connectivity index (χ1) is 7.04. The molecule has 0 aliphatic carbocycles. The molecule has 3 nitrogen and oxygen atoms in total. The number of aryl methyl sites for hydroxylation is 1. The molecule has 1 amide bonds. The van der Waals surface area contributed by atoms with Crippen molar-refractivity contribution in [3.63, 3.8) is 0 Å². The quantitative estimate of drug-likeness (QED) is 0.809. The lowest BCUT2D eigenvalue weighted by molar-refractivity contribution is 0.202. The van der Waals surface area contributed by atoms with Crippen molar-refractivity contribution in [1.82, 2.24) is 5.32 Å². The molecular weight excluding hydrogens is 190 g/mol. The highest BCUT2D eigenvalue weighted by molar-refractivity contribution is 5.70. The van der Waals surface area contributed by atoms with Gasteiger partial charge in [0.15, 0.2) is 0 Å². The normalized spacial score (nSPS) is 10.2. The molecule has 0 fully saturated rings. The predicted octanol–water partition coefficient (Wildman–Crippen LogP) is 2.84. The minimum absolute atomic E-state index is 0.338. The Hall–Kier alpha value is -1.51. The summed E-state index contributed by atoms with van der Waals surface area (Å²) in [6, 6.07) is 5.90. The maximum atomic E-state index is 11.1. The molecule has 0 atom stereocenters. The SMILES string of the molecule is CNC(=O)Oc1cc(C)ccc1C(C)C. The molecule has 15 heavy (non-hydrogen) atoms. The van der Waals surface area contributed by atoms with Gasteiger partial charge in [0.25, 0.3) is 0 Å². The molecule has 0 aliphatic heterocycles.